The molecule has 0 radical (unpaired) electrons. The maximum absolute atomic E-state index is 12.0. The van der Waals surface area contributed by atoms with Gasteiger partial charge in [0, 0.05) is 18.0 Å². The van der Waals surface area contributed by atoms with E-state index >= 15 is 0 Å². The molecule has 1 N–H and O–H groups in total. The van der Waals surface area contributed by atoms with E-state index < -0.39 is 0 Å². The van der Waals surface area contributed by atoms with Crippen LogP contribution in [-0.4, -0.2) is 10.5 Å². The zero-order valence-electron chi connectivity index (χ0n) is 12.9. The number of carbonyl (C=O) groups is 1. The van der Waals surface area contributed by atoms with Crippen LogP contribution in [0.15, 0.2) is 47.4 Å². The molecule has 4 nitrogen and oxygen atoms in total. The highest BCUT2D eigenvalue weighted by Gasteiger charge is 2.13. The fraction of sp³-hybridized carbons (Fsp3) is 0.294. The first-order valence-electron chi connectivity index (χ1n) is 7.02. The highest BCUT2D eigenvalue weighted by atomic mass is 35.5. The smallest absolute Gasteiger partial charge is 0.251 e. The minimum Gasteiger partial charge on any atom is -0.325 e. The second-order valence-electron chi connectivity index (χ2n) is 6.19. The van der Waals surface area contributed by atoms with Gasteiger partial charge in [-0.05, 0) is 29.2 Å². The fourth-order valence-electron chi connectivity index (χ4n) is 2.03. The fourth-order valence-corrected chi connectivity index (χ4v) is 2.22. The first-order chi connectivity index (χ1) is 10.3. The van der Waals surface area contributed by atoms with Crippen LogP contribution in [-0.2, 0) is 16.8 Å². The van der Waals surface area contributed by atoms with Crippen molar-refractivity contribution >= 4 is 23.2 Å². The number of nitrogens with zero attached hydrogens (tertiary/aromatic N) is 1. The lowest BCUT2D eigenvalue weighted by Crippen LogP contribution is -2.26. The van der Waals surface area contributed by atoms with Crippen LogP contribution >= 0.6 is 11.6 Å². The van der Waals surface area contributed by atoms with Gasteiger partial charge in [-0.2, -0.15) is 0 Å². The van der Waals surface area contributed by atoms with E-state index in [9.17, 15) is 9.59 Å². The molecule has 0 unspecified atom stereocenters. The number of nitrogens with one attached hydrogen (secondary N) is 1. The van der Waals surface area contributed by atoms with Gasteiger partial charge in [0.2, 0.25) is 5.91 Å². The minimum absolute atomic E-state index is 0.0661. The summed E-state index contributed by atoms with van der Waals surface area (Å²) in [4.78, 5) is 23.7. The van der Waals surface area contributed by atoms with E-state index in [-0.39, 0.29) is 23.4 Å². The second-order valence-corrected chi connectivity index (χ2v) is 6.63. The average molecular weight is 319 g/mol. The van der Waals surface area contributed by atoms with Crippen LogP contribution < -0.4 is 10.9 Å². The van der Waals surface area contributed by atoms with Gasteiger partial charge in [0.15, 0.2) is 0 Å². The van der Waals surface area contributed by atoms with Gasteiger partial charge in [0.25, 0.3) is 5.56 Å². The molecule has 2 rings (SSSR count). The molecule has 22 heavy (non-hydrogen) atoms. The molecule has 2 aromatic rings. The van der Waals surface area contributed by atoms with E-state index in [1.807, 2.05) is 24.3 Å². The van der Waals surface area contributed by atoms with Crippen LogP contribution in [0, 0.1) is 0 Å². The molecule has 1 aromatic carbocycles. The Kier molecular flexibility index (Phi) is 4.71. The minimum atomic E-state index is -0.270. The summed E-state index contributed by atoms with van der Waals surface area (Å²) in [5.41, 5.74) is 1.70. The molecule has 0 aliphatic rings. The third-order valence-electron chi connectivity index (χ3n) is 3.30. The summed E-state index contributed by atoms with van der Waals surface area (Å²) in [7, 11) is 0. The molecule has 5 heteroatoms. The quantitative estimate of drug-likeness (QED) is 0.942. The third-order valence-corrected chi connectivity index (χ3v) is 3.52. The molecule has 0 fully saturated rings. The normalized spacial score (nSPS) is 11.3. The molecular weight excluding hydrogens is 300 g/mol. The largest absolute Gasteiger partial charge is 0.325 e. The SMILES string of the molecule is CC(C)(C)c1ccc(NC(=O)Cn2cc(Cl)ccc2=O)cc1. The number of benzene rings is 1. The van der Waals surface area contributed by atoms with Gasteiger partial charge >= 0.3 is 0 Å². The predicted octanol–water partition coefficient (Wildman–Crippen LogP) is 3.44. The van der Waals surface area contributed by atoms with Crippen molar-refractivity contribution in [1.82, 2.24) is 4.57 Å². The lowest BCUT2D eigenvalue weighted by molar-refractivity contribution is -0.116. The van der Waals surface area contributed by atoms with Gasteiger partial charge < -0.3 is 9.88 Å². The van der Waals surface area contributed by atoms with Crippen LogP contribution in [0.5, 0.6) is 0 Å². The van der Waals surface area contributed by atoms with E-state index in [0.717, 1.165) is 0 Å². The number of anilines is 1. The summed E-state index contributed by atoms with van der Waals surface area (Å²) in [5, 5.41) is 3.19. The molecule has 0 bridgehead atoms. The van der Waals surface area contributed by atoms with Crippen LogP contribution in [0.25, 0.3) is 0 Å². The molecule has 0 aliphatic heterocycles. The Bertz CT molecular complexity index is 728. The molecule has 0 aliphatic carbocycles. The summed E-state index contributed by atoms with van der Waals surface area (Å²) in [5.74, 6) is -0.270. The number of carbonyl (C=O) groups excluding carboxylic acids is 1. The number of pyridine rings is 1. The molecule has 0 saturated heterocycles. The maximum Gasteiger partial charge on any atom is 0.251 e. The van der Waals surface area contributed by atoms with Crippen molar-refractivity contribution in [2.75, 3.05) is 5.32 Å². The van der Waals surface area contributed by atoms with Crippen LogP contribution in [0.2, 0.25) is 5.02 Å². The van der Waals surface area contributed by atoms with E-state index in [4.69, 9.17) is 11.6 Å². The third kappa shape index (κ3) is 4.21. The van der Waals surface area contributed by atoms with Gasteiger partial charge in [0.1, 0.15) is 6.54 Å². The molecule has 1 heterocycles. The molecule has 0 atom stereocenters. The van der Waals surface area contributed by atoms with Crippen molar-refractivity contribution in [1.29, 1.82) is 0 Å². The van der Waals surface area contributed by atoms with Gasteiger partial charge in [-0.25, -0.2) is 0 Å². The lowest BCUT2D eigenvalue weighted by atomic mass is 9.87. The van der Waals surface area contributed by atoms with Gasteiger partial charge in [-0.1, -0.05) is 44.5 Å². The number of rotatable bonds is 3. The van der Waals surface area contributed by atoms with Crippen molar-refractivity contribution in [2.24, 2.45) is 0 Å². The Hall–Kier alpha value is -2.07. The Morgan fingerprint density at radius 1 is 1.14 bits per heavy atom. The van der Waals surface area contributed by atoms with Crippen molar-refractivity contribution in [3.8, 4) is 0 Å². The van der Waals surface area contributed by atoms with Crippen molar-refractivity contribution in [2.45, 2.75) is 32.7 Å². The second kappa shape index (κ2) is 6.36. The topological polar surface area (TPSA) is 51.1 Å². The number of halogens is 1. The molecule has 0 spiro atoms. The Morgan fingerprint density at radius 3 is 2.36 bits per heavy atom. The molecule has 0 saturated carbocycles. The standard InChI is InChI=1S/C17H19ClN2O2/c1-17(2,3)12-4-7-14(8-5-12)19-15(21)11-20-10-13(18)6-9-16(20)22/h4-10H,11H2,1-3H3,(H,19,21). The monoisotopic (exact) mass is 318 g/mol. The number of aromatic nitrogens is 1. The molecular formula is C17H19ClN2O2. The van der Waals surface area contributed by atoms with Crippen molar-refractivity contribution in [3.63, 3.8) is 0 Å². The Balaban J connectivity index is 2.06. The van der Waals surface area contributed by atoms with E-state index in [2.05, 4.69) is 26.1 Å². The van der Waals surface area contributed by atoms with Gasteiger partial charge in [-0.15, -0.1) is 0 Å². The zero-order chi connectivity index (χ0) is 16.3. The highest BCUT2D eigenvalue weighted by Crippen LogP contribution is 2.23. The molecule has 1 amide bonds. The zero-order valence-corrected chi connectivity index (χ0v) is 13.6. The summed E-state index contributed by atoms with van der Waals surface area (Å²) in [6, 6.07) is 10.5. The van der Waals surface area contributed by atoms with Crippen LogP contribution in [0.3, 0.4) is 0 Å². The van der Waals surface area contributed by atoms with Crippen LogP contribution in [0.4, 0.5) is 5.69 Å². The Labute approximate surface area is 134 Å². The predicted molar refractivity (Wildman–Crippen MR) is 89.5 cm³/mol. The maximum atomic E-state index is 12.0. The van der Waals surface area contributed by atoms with Gasteiger partial charge in [0.05, 0.1) is 5.02 Å². The molecule has 116 valence electrons. The first-order valence-corrected chi connectivity index (χ1v) is 7.40. The van der Waals surface area contributed by atoms with Crippen molar-refractivity contribution in [3.05, 3.63) is 63.5 Å². The molecule has 1 aromatic heterocycles. The average Bonchev–Trinajstić information content (AvgIpc) is 2.42. The van der Waals surface area contributed by atoms with E-state index in [1.165, 1.54) is 28.5 Å². The summed E-state index contributed by atoms with van der Waals surface area (Å²) in [6.45, 7) is 6.32. The number of hydrogen-bond acceptors (Lipinski definition) is 2. The Morgan fingerprint density at radius 2 is 1.77 bits per heavy atom. The van der Waals surface area contributed by atoms with E-state index in [1.54, 1.807) is 0 Å². The summed E-state index contributed by atoms with van der Waals surface area (Å²) >= 11 is 5.83. The summed E-state index contributed by atoms with van der Waals surface area (Å²) in [6.07, 6.45) is 1.45. The number of amides is 1. The first kappa shape index (κ1) is 16.3. The summed E-state index contributed by atoms with van der Waals surface area (Å²) < 4.78 is 1.28. The van der Waals surface area contributed by atoms with Crippen LogP contribution in [0.1, 0.15) is 26.3 Å². The van der Waals surface area contributed by atoms with E-state index in [0.29, 0.717) is 10.7 Å². The lowest BCUT2D eigenvalue weighted by Gasteiger charge is -2.19. The van der Waals surface area contributed by atoms with Crippen molar-refractivity contribution < 1.29 is 4.79 Å². The number of hydrogen-bond donors (Lipinski definition) is 1. The highest BCUT2D eigenvalue weighted by molar-refractivity contribution is 6.30. The van der Waals surface area contributed by atoms with Gasteiger partial charge in [-0.3, -0.25) is 9.59 Å².